The van der Waals surface area contributed by atoms with Crippen molar-refractivity contribution in [1.82, 2.24) is 9.21 Å². The van der Waals surface area contributed by atoms with E-state index in [0.29, 0.717) is 36.7 Å². The van der Waals surface area contributed by atoms with Gasteiger partial charge in [0.05, 0.1) is 25.3 Å². The molecule has 2 saturated heterocycles. The third kappa shape index (κ3) is 4.69. The summed E-state index contributed by atoms with van der Waals surface area (Å²) in [7, 11) is -0.565. The van der Waals surface area contributed by atoms with E-state index in [2.05, 4.69) is 0 Å². The molecule has 0 aliphatic carbocycles. The molecule has 0 saturated carbocycles. The van der Waals surface area contributed by atoms with Gasteiger partial charge in [-0.15, -0.1) is 0 Å². The van der Waals surface area contributed by atoms with Crippen LogP contribution in [-0.4, -0.2) is 57.4 Å². The van der Waals surface area contributed by atoms with Crippen molar-refractivity contribution in [3.05, 3.63) is 52.5 Å². The number of carbonyl (C=O) groups excluding carboxylic acids is 1. The molecule has 0 aromatic heterocycles. The van der Waals surface area contributed by atoms with Crippen LogP contribution >= 0.6 is 11.6 Å². The molecule has 1 amide bonds. The molecule has 0 spiro atoms. The molecule has 7 nitrogen and oxygen atoms in total. The van der Waals surface area contributed by atoms with Gasteiger partial charge in [0, 0.05) is 30.8 Å². The molecule has 33 heavy (non-hydrogen) atoms. The van der Waals surface area contributed by atoms with Crippen molar-refractivity contribution in [2.75, 3.05) is 33.9 Å². The first-order chi connectivity index (χ1) is 15.9. The number of methoxy groups -OCH3 is 2. The number of benzene rings is 2. The van der Waals surface area contributed by atoms with Crippen molar-refractivity contribution in [2.24, 2.45) is 0 Å². The molecule has 0 N–H and O–H groups in total. The number of nitrogens with zero attached hydrogens (tertiary/aromatic N) is 2. The Labute approximate surface area is 200 Å². The summed E-state index contributed by atoms with van der Waals surface area (Å²) in [5.41, 5.74) is 1.18. The number of hydrogen-bond acceptors (Lipinski definition) is 5. The minimum absolute atomic E-state index is 0.00776. The van der Waals surface area contributed by atoms with Crippen LogP contribution in [0.5, 0.6) is 11.5 Å². The highest BCUT2D eigenvalue weighted by Crippen LogP contribution is 2.40. The summed E-state index contributed by atoms with van der Waals surface area (Å²) in [5.74, 6) is 1.14. The second-order valence-corrected chi connectivity index (χ2v) is 10.7. The van der Waals surface area contributed by atoms with Gasteiger partial charge in [0.25, 0.3) is 5.91 Å². The van der Waals surface area contributed by atoms with E-state index in [1.807, 2.05) is 18.2 Å². The Morgan fingerprint density at radius 2 is 1.73 bits per heavy atom. The average Bonchev–Trinajstić information content (AvgIpc) is 3.33. The maximum absolute atomic E-state index is 13.6. The highest BCUT2D eigenvalue weighted by atomic mass is 35.5. The summed E-state index contributed by atoms with van der Waals surface area (Å²) in [6.45, 7) is 1.52. The molecular formula is C24H29ClN2O5S. The number of piperidine rings is 1. The molecular weight excluding hydrogens is 464 g/mol. The van der Waals surface area contributed by atoms with Crippen molar-refractivity contribution in [2.45, 2.75) is 43.0 Å². The van der Waals surface area contributed by atoms with Gasteiger partial charge >= 0.3 is 0 Å². The molecule has 0 bridgehead atoms. The minimum Gasteiger partial charge on any atom is -0.497 e. The first kappa shape index (κ1) is 23.9. The summed E-state index contributed by atoms with van der Waals surface area (Å²) in [6.07, 6.45) is 4.29. The van der Waals surface area contributed by atoms with E-state index in [0.717, 1.165) is 37.7 Å². The fraction of sp³-hybridized carbons (Fsp3) is 0.458. The van der Waals surface area contributed by atoms with E-state index >= 15 is 0 Å². The molecule has 2 fully saturated rings. The highest BCUT2D eigenvalue weighted by molar-refractivity contribution is 7.89. The minimum atomic E-state index is -3.76. The largest absolute Gasteiger partial charge is 0.497 e. The van der Waals surface area contributed by atoms with Crippen LogP contribution in [-0.2, 0) is 10.0 Å². The van der Waals surface area contributed by atoms with Crippen LogP contribution in [0.25, 0.3) is 0 Å². The van der Waals surface area contributed by atoms with Gasteiger partial charge in [0.2, 0.25) is 10.0 Å². The lowest BCUT2D eigenvalue weighted by atomic mass is 10.0. The number of halogens is 1. The lowest BCUT2D eigenvalue weighted by Gasteiger charge is -2.28. The van der Waals surface area contributed by atoms with Crippen molar-refractivity contribution in [1.29, 1.82) is 0 Å². The molecule has 2 aliphatic rings. The number of amides is 1. The van der Waals surface area contributed by atoms with Gasteiger partial charge in [-0.3, -0.25) is 4.79 Å². The van der Waals surface area contributed by atoms with E-state index in [1.54, 1.807) is 25.2 Å². The zero-order valence-electron chi connectivity index (χ0n) is 18.9. The third-order valence-electron chi connectivity index (χ3n) is 6.42. The lowest BCUT2D eigenvalue weighted by Crippen LogP contribution is -2.36. The predicted molar refractivity (Wildman–Crippen MR) is 127 cm³/mol. The Kier molecular flexibility index (Phi) is 7.16. The van der Waals surface area contributed by atoms with E-state index in [1.165, 1.54) is 16.4 Å². The molecule has 2 aromatic rings. The van der Waals surface area contributed by atoms with Crippen LogP contribution in [0.2, 0.25) is 5.02 Å². The van der Waals surface area contributed by atoms with Crippen LogP contribution < -0.4 is 9.47 Å². The standard InChI is InChI=1S/C24H29ClN2O5S/c1-31-18-9-11-22(32-2)19(16-18)21-7-6-14-27(21)24(28)17-8-10-20(25)23(15-17)33(29,30)26-12-4-3-5-13-26/h8-11,15-16,21H,3-7,12-14H2,1-2H3/t21-/m1/s1. The molecule has 2 aliphatic heterocycles. The molecule has 1 atom stereocenters. The molecule has 0 radical (unpaired) electrons. The van der Waals surface area contributed by atoms with Gasteiger partial charge in [-0.1, -0.05) is 18.0 Å². The smallest absolute Gasteiger partial charge is 0.254 e. The van der Waals surface area contributed by atoms with E-state index < -0.39 is 10.0 Å². The molecule has 2 heterocycles. The van der Waals surface area contributed by atoms with Gasteiger partial charge in [-0.25, -0.2) is 8.42 Å². The Hall–Kier alpha value is -2.29. The number of carbonyl (C=O) groups is 1. The van der Waals surface area contributed by atoms with Crippen molar-refractivity contribution >= 4 is 27.5 Å². The van der Waals surface area contributed by atoms with Crippen molar-refractivity contribution < 1.29 is 22.7 Å². The van der Waals surface area contributed by atoms with E-state index in [4.69, 9.17) is 21.1 Å². The molecule has 9 heteroatoms. The molecule has 0 unspecified atom stereocenters. The average molecular weight is 493 g/mol. The first-order valence-corrected chi connectivity index (χ1v) is 13.0. The second kappa shape index (κ2) is 9.91. The second-order valence-electron chi connectivity index (χ2n) is 8.37. The number of rotatable bonds is 6. The lowest BCUT2D eigenvalue weighted by molar-refractivity contribution is 0.0733. The van der Waals surface area contributed by atoms with Gasteiger partial charge in [0.1, 0.15) is 16.4 Å². The van der Waals surface area contributed by atoms with Crippen LogP contribution in [0.1, 0.15) is 54.1 Å². The number of hydrogen-bond donors (Lipinski definition) is 0. The highest BCUT2D eigenvalue weighted by Gasteiger charge is 2.34. The number of likely N-dealkylation sites (tertiary alicyclic amines) is 1. The summed E-state index contributed by atoms with van der Waals surface area (Å²) in [5, 5.41) is 0.129. The first-order valence-electron chi connectivity index (χ1n) is 11.2. The van der Waals surface area contributed by atoms with Crippen LogP contribution in [0.3, 0.4) is 0 Å². The van der Waals surface area contributed by atoms with Crippen molar-refractivity contribution in [3.63, 3.8) is 0 Å². The fourth-order valence-electron chi connectivity index (χ4n) is 4.68. The van der Waals surface area contributed by atoms with Crippen LogP contribution in [0.4, 0.5) is 0 Å². The topological polar surface area (TPSA) is 76.1 Å². The monoisotopic (exact) mass is 492 g/mol. The van der Waals surface area contributed by atoms with E-state index in [9.17, 15) is 13.2 Å². The summed E-state index contributed by atoms with van der Waals surface area (Å²) in [6, 6.07) is 9.87. The fourth-order valence-corrected chi connectivity index (χ4v) is 6.69. The van der Waals surface area contributed by atoms with Crippen LogP contribution in [0, 0.1) is 0 Å². The summed E-state index contributed by atoms with van der Waals surface area (Å²) < 4.78 is 38.8. The molecule has 4 rings (SSSR count). The SMILES string of the molecule is COc1ccc(OC)c([C@H]2CCCN2C(=O)c2ccc(Cl)c(S(=O)(=O)N3CCCCC3)c2)c1. The Morgan fingerprint density at radius 1 is 0.970 bits per heavy atom. The van der Waals surface area contributed by atoms with Gasteiger partial charge in [-0.2, -0.15) is 4.31 Å². The summed E-state index contributed by atoms with van der Waals surface area (Å²) in [4.78, 5) is 15.3. The van der Waals surface area contributed by atoms with Gasteiger partial charge in [-0.05, 0) is 62.1 Å². The maximum atomic E-state index is 13.6. The Morgan fingerprint density at radius 3 is 2.42 bits per heavy atom. The Bertz CT molecular complexity index is 1130. The van der Waals surface area contributed by atoms with E-state index in [-0.39, 0.29) is 21.9 Å². The van der Waals surface area contributed by atoms with Crippen molar-refractivity contribution in [3.8, 4) is 11.5 Å². The van der Waals surface area contributed by atoms with Gasteiger partial charge in [0.15, 0.2) is 0 Å². The molecule has 2 aromatic carbocycles. The maximum Gasteiger partial charge on any atom is 0.254 e. The van der Waals surface area contributed by atoms with Gasteiger partial charge < -0.3 is 14.4 Å². The number of sulfonamides is 1. The Balaban J connectivity index is 1.66. The summed E-state index contributed by atoms with van der Waals surface area (Å²) >= 11 is 6.30. The van der Waals surface area contributed by atoms with Crippen LogP contribution in [0.15, 0.2) is 41.3 Å². The third-order valence-corrected chi connectivity index (χ3v) is 8.80. The quantitative estimate of drug-likeness (QED) is 0.593. The zero-order valence-corrected chi connectivity index (χ0v) is 20.5. The normalized spacial score (nSPS) is 19.5. The predicted octanol–water partition coefficient (Wildman–Crippen LogP) is 4.51. The molecule has 178 valence electrons. The zero-order chi connectivity index (χ0) is 23.6. The number of ether oxygens (including phenoxy) is 2.